The van der Waals surface area contributed by atoms with E-state index in [-0.39, 0.29) is 18.0 Å². The Morgan fingerprint density at radius 3 is 2.59 bits per heavy atom. The van der Waals surface area contributed by atoms with E-state index in [1.807, 2.05) is 6.92 Å². The van der Waals surface area contributed by atoms with Crippen LogP contribution in [0.4, 0.5) is 0 Å². The topological polar surface area (TPSA) is 69.0 Å². The van der Waals surface area contributed by atoms with Gasteiger partial charge in [-0.1, -0.05) is 6.92 Å². The summed E-state index contributed by atoms with van der Waals surface area (Å²) in [4.78, 5) is 11.8. The number of hydrogen-bond acceptors (Lipinski definition) is 4. The molecule has 0 saturated heterocycles. The third kappa shape index (κ3) is 4.30. The molecule has 96 valence electrons. The van der Waals surface area contributed by atoms with Gasteiger partial charge in [0.15, 0.2) is 5.78 Å². The standard InChI is InChI=1S/C11H18N2O3S/c1-4-9-8-10(13(2)12-9)11(14)6-5-7-17(3,15)16/h8H,4-7H2,1-3H3. The van der Waals surface area contributed by atoms with Crippen molar-refractivity contribution in [3.05, 3.63) is 17.5 Å². The number of aromatic nitrogens is 2. The van der Waals surface area contributed by atoms with E-state index in [1.54, 1.807) is 17.8 Å². The van der Waals surface area contributed by atoms with Crippen molar-refractivity contribution >= 4 is 15.6 Å². The zero-order valence-electron chi connectivity index (χ0n) is 10.4. The van der Waals surface area contributed by atoms with E-state index >= 15 is 0 Å². The summed E-state index contributed by atoms with van der Waals surface area (Å²) >= 11 is 0. The molecule has 0 aliphatic heterocycles. The maximum atomic E-state index is 11.8. The highest BCUT2D eigenvalue weighted by atomic mass is 32.2. The number of hydrogen-bond donors (Lipinski definition) is 0. The monoisotopic (exact) mass is 258 g/mol. The minimum atomic E-state index is -2.99. The Morgan fingerprint density at radius 1 is 1.47 bits per heavy atom. The lowest BCUT2D eigenvalue weighted by Gasteiger charge is -2.00. The first-order chi connectivity index (χ1) is 7.83. The van der Waals surface area contributed by atoms with Gasteiger partial charge in [0.05, 0.1) is 11.4 Å². The molecule has 0 fully saturated rings. The number of rotatable bonds is 6. The molecule has 0 bridgehead atoms. The first-order valence-corrected chi connectivity index (χ1v) is 7.63. The zero-order chi connectivity index (χ0) is 13.1. The second-order valence-electron chi connectivity index (χ2n) is 4.15. The molecule has 0 N–H and O–H groups in total. The van der Waals surface area contributed by atoms with Crippen LogP contribution in [-0.4, -0.2) is 36.0 Å². The number of carbonyl (C=O) groups excluding carboxylic acids is 1. The summed E-state index contributed by atoms with van der Waals surface area (Å²) in [6.45, 7) is 1.97. The van der Waals surface area contributed by atoms with E-state index in [2.05, 4.69) is 5.10 Å². The van der Waals surface area contributed by atoms with Crippen LogP contribution < -0.4 is 0 Å². The van der Waals surface area contributed by atoms with Gasteiger partial charge >= 0.3 is 0 Å². The molecule has 0 unspecified atom stereocenters. The van der Waals surface area contributed by atoms with E-state index in [0.717, 1.165) is 12.1 Å². The van der Waals surface area contributed by atoms with Gasteiger partial charge in [-0.15, -0.1) is 0 Å². The van der Waals surface area contributed by atoms with E-state index in [1.165, 1.54) is 6.26 Å². The van der Waals surface area contributed by atoms with Crippen molar-refractivity contribution in [2.24, 2.45) is 7.05 Å². The molecule has 0 amide bonds. The number of sulfone groups is 1. The quantitative estimate of drug-likeness (QED) is 0.713. The lowest BCUT2D eigenvalue weighted by atomic mass is 10.1. The Labute approximate surface area is 102 Å². The summed E-state index contributed by atoms with van der Waals surface area (Å²) in [5.41, 5.74) is 1.43. The average Bonchev–Trinajstić information content (AvgIpc) is 2.57. The van der Waals surface area contributed by atoms with Crippen molar-refractivity contribution in [3.8, 4) is 0 Å². The van der Waals surface area contributed by atoms with E-state index in [0.29, 0.717) is 12.1 Å². The second-order valence-corrected chi connectivity index (χ2v) is 6.41. The number of aryl methyl sites for hydroxylation is 2. The molecule has 1 heterocycles. The first-order valence-electron chi connectivity index (χ1n) is 5.57. The van der Waals surface area contributed by atoms with Crippen molar-refractivity contribution < 1.29 is 13.2 Å². The van der Waals surface area contributed by atoms with Gasteiger partial charge < -0.3 is 0 Å². The molecular formula is C11H18N2O3S. The molecule has 6 heteroatoms. The van der Waals surface area contributed by atoms with Crippen molar-refractivity contribution in [1.82, 2.24) is 9.78 Å². The first kappa shape index (κ1) is 13.9. The van der Waals surface area contributed by atoms with E-state index < -0.39 is 9.84 Å². The van der Waals surface area contributed by atoms with E-state index in [4.69, 9.17) is 0 Å². The molecule has 0 radical (unpaired) electrons. The summed E-state index contributed by atoms with van der Waals surface area (Å²) in [6.07, 6.45) is 2.57. The minimum absolute atomic E-state index is 0.0525. The van der Waals surface area contributed by atoms with Gasteiger partial charge in [-0.05, 0) is 18.9 Å². The smallest absolute Gasteiger partial charge is 0.180 e. The number of ketones is 1. The van der Waals surface area contributed by atoms with Crippen LogP contribution in [0.3, 0.4) is 0 Å². The van der Waals surface area contributed by atoms with Gasteiger partial charge in [0, 0.05) is 19.7 Å². The van der Waals surface area contributed by atoms with Crippen molar-refractivity contribution in [3.63, 3.8) is 0 Å². The molecule has 0 saturated carbocycles. The predicted octanol–water partition coefficient (Wildman–Crippen LogP) is 0.990. The summed E-state index contributed by atoms with van der Waals surface area (Å²) in [6, 6.07) is 1.77. The normalized spacial score (nSPS) is 11.7. The van der Waals surface area contributed by atoms with E-state index in [9.17, 15) is 13.2 Å². The fraction of sp³-hybridized carbons (Fsp3) is 0.636. The van der Waals surface area contributed by atoms with Crippen molar-refractivity contribution in [1.29, 1.82) is 0 Å². The molecule has 1 aromatic heterocycles. The van der Waals surface area contributed by atoms with Crippen LogP contribution in [0.1, 0.15) is 35.9 Å². The lowest BCUT2D eigenvalue weighted by Crippen LogP contribution is -2.09. The molecule has 0 aliphatic rings. The Hall–Kier alpha value is -1.17. The number of carbonyl (C=O) groups is 1. The lowest BCUT2D eigenvalue weighted by molar-refractivity contribution is 0.0973. The van der Waals surface area contributed by atoms with Crippen LogP contribution in [-0.2, 0) is 23.3 Å². The largest absolute Gasteiger partial charge is 0.292 e. The molecule has 17 heavy (non-hydrogen) atoms. The molecular weight excluding hydrogens is 240 g/mol. The molecule has 0 spiro atoms. The Kier molecular flexibility index (Phi) is 4.45. The Balaban J connectivity index is 2.61. The Bertz CT molecular complexity index is 503. The summed E-state index contributed by atoms with van der Waals surface area (Å²) in [5, 5.41) is 4.18. The van der Waals surface area contributed by atoms with Gasteiger partial charge in [0.2, 0.25) is 0 Å². The Morgan fingerprint density at radius 2 is 2.12 bits per heavy atom. The highest BCUT2D eigenvalue weighted by Gasteiger charge is 2.13. The van der Waals surface area contributed by atoms with Crippen LogP contribution in [0.5, 0.6) is 0 Å². The highest BCUT2D eigenvalue weighted by Crippen LogP contribution is 2.08. The molecule has 5 nitrogen and oxygen atoms in total. The molecule has 0 aromatic carbocycles. The molecule has 1 aromatic rings. The van der Waals surface area contributed by atoms with Crippen LogP contribution in [0.2, 0.25) is 0 Å². The maximum Gasteiger partial charge on any atom is 0.180 e. The second kappa shape index (κ2) is 5.44. The minimum Gasteiger partial charge on any atom is -0.292 e. The molecule has 0 atom stereocenters. The van der Waals surface area contributed by atoms with Gasteiger partial charge in [-0.25, -0.2) is 8.42 Å². The van der Waals surface area contributed by atoms with Gasteiger partial charge in [-0.2, -0.15) is 5.10 Å². The summed E-state index contributed by atoms with van der Waals surface area (Å²) in [5.74, 6) is 0.000350. The van der Waals surface area contributed by atoms with Crippen molar-refractivity contribution in [2.45, 2.75) is 26.2 Å². The van der Waals surface area contributed by atoms with Gasteiger partial charge in [0.25, 0.3) is 0 Å². The van der Waals surface area contributed by atoms with Gasteiger partial charge in [0.1, 0.15) is 15.5 Å². The van der Waals surface area contributed by atoms with Crippen LogP contribution in [0, 0.1) is 0 Å². The number of nitrogens with zero attached hydrogens (tertiary/aromatic N) is 2. The highest BCUT2D eigenvalue weighted by molar-refractivity contribution is 7.90. The summed E-state index contributed by atoms with van der Waals surface area (Å²) < 4.78 is 23.4. The van der Waals surface area contributed by atoms with Crippen LogP contribution in [0.15, 0.2) is 6.07 Å². The number of Topliss-reactive ketones (excluding diaryl/α,β-unsaturated/α-hetero) is 1. The average molecular weight is 258 g/mol. The van der Waals surface area contributed by atoms with Crippen LogP contribution >= 0.6 is 0 Å². The SMILES string of the molecule is CCc1cc(C(=O)CCCS(C)(=O)=O)n(C)n1. The molecule has 0 aliphatic carbocycles. The van der Waals surface area contributed by atoms with Crippen molar-refractivity contribution in [2.75, 3.05) is 12.0 Å². The van der Waals surface area contributed by atoms with Crippen LogP contribution in [0.25, 0.3) is 0 Å². The van der Waals surface area contributed by atoms with Gasteiger partial charge in [-0.3, -0.25) is 9.48 Å². The third-order valence-corrected chi connectivity index (χ3v) is 3.53. The predicted molar refractivity (Wildman–Crippen MR) is 65.9 cm³/mol. The fourth-order valence-corrected chi connectivity index (χ4v) is 2.25. The fourth-order valence-electron chi connectivity index (χ4n) is 1.58. The third-order valence-electron chi connectivity index (χ3n) is 2.50. The summed E-state index contributed by atoms with van der Waals surface area (Å²) in [7, 11) is -1.26. The molecule has 1 rings (SSSR count). The maximum absolute atomic E-state index is 11.8. The zero-order valence-corrected chi connectivity index (χ0v) is 11.2.